The van der Waals surface area contributed by atoms with Crippen molar-refractivity contribution in [3.8, 4) is 5.75 Å². The van der Waals surface area contributed by atoms with Gasteiger partial charge in [-0.2, -0.15) is 0 Å². The molecule has 1 amide bonds. The third-order valence-corrected chi connectivity index (χ3v) is 5.20. The van der Waals surface area contributed by atoms with Crippen LogP contribution >= 0.6 is 0 Å². The molecule has 6 heteroatoms. The Morgan fingerprint density at radius 3 is 2.48 bits per heavy atom. The Hall–Kier alpha value is -3.02. The molecular formula is C23H30N4O2. The number of methoxy groups -OCH3 is 1. The van der Waals surface area contributed by atoms with E-state index < -0.39 is 0 Å². The minimum absolute atomic E-state index is 0.251. The van der Waals surface area contributed by atoms with E-state index in [4.69, 9.17) is 4.74 Å². The van der Waals surface area contributed by atoms with Gasteiger partial charge in [-0.05, 0) is 35.6 Å². The van der Waals surface area contributed by atoms with Crippen LogP contribution in [-0.2, 0) is 24.3 Å². The van der Waals surface area contributed by atoms with Gasteiger partial charge in [0.15, 0.2) is 5.96 Å². The van der Waals surface area contributed by atoms with Crippen LogP contribution in [0.5, 0.6) is 5.75 Å². The van der Waals surface area contributed by atoms with Gasteiger partial charge in [0.25, 0.3) is 0 Å². The lowest BCUT2D eigenvalue weighted by Gasteiger charge is -2.19. The van der Waals surface area contributed by atoms with Crippen molar-refractivity contribution in [1.82, 2.24) is 15.5 Å². The summed E-state index contributed by atoms with van der Waals surface area (Å²) in [5.74, 6) is 1.91. The second kappa shape index (κ2) is 10.5. The molecule has 3 rings (SSSR count). The quantitative estimate of drug-likeness (QED) is 0.534. The summed E-state index contributed by atoms with van der Waals surface area (Å²) >= 11 is 0. The normalized spacial score (nSPS) is 14.2. The summed E-state index contributed by atoms with van der Waals surface area (Å²) in [7, 11) is 3.47. The highest BCUT2D eigenvalue weighted by molar-refractivity contribution is 5.79. The predicted octanol–water partition coefficient (Wildman–Crippen LogP) is 2.73. The summed E-state index contributed by atoms with van der Waals surface area (Å²) in [6.45, 7) is 2.94. The van der Waals surface area contributed by atoms with Crippen molar-refractivity contribution >= 4 is 11.9 Å². The fourth-order valence-corrected chi connectivity index (χ4v) is 3.59. The molecule has 1 heterocycles. The number of hydrogen-bond donors (Lipinski definition) is 2. The van der Waals surface area contributed by atoms with Gasteiger partial charge in [-0.1, -0.05) is 42.5 Å². The topological polar surface area (TPSA) is 66.0 Å². The van der Waals surface area contributed by atoms with E-state index in [2.05, 4.69) is 33.8 Å². The van der Waals surface area contributed by atoms with Crippen molar-refractivity contribution in [3.05, 3.63) is 65.2 Å². The maximum Gasteiger partial charge on any atom is 0.222 e. The highest BCUT2D eigenvalue weighted by Gasteiger charge is 2.20. The van der Waals surface area contributed by atoms with E-state index in [1.54, 1.807) is 14.2 Å². The molecule has 2 aromatic rings. The Morgan fingerprint density at radius 1 is 1.07 bits per heavy atom. The number of ether oxygens (including phenoxy) is 1. The maximum absolute atomic E-state index is 12.0. The molecule has 2 N–H and O–H groups in total. The molecule has 0 spiro atoms. The first kappa shape index (κ1) is 20.7. The molecule has 0 saturated carbocycles. The van der Waals surface area contributed by atoms with Gasteiger partial charge in [0, 0.05) is 39.6 Å². The molecule has 0 atom stereocenters. The van der Waals surface area contributed by atoms with E-state index in [1.165, 1.54) is 16.7 Å². The summed E-state index contributed by atoms with van der Waals surface area (Å²) < 4.78 is 5.41. The van der Waals surface area contributed by atoms with Gasteiger partial charge in [-0.15, -0.1) is 0 Å². The van der Waals surface area contributed by atoms with Crippen molar-refractivity contribution in [2.24, 2.45) is 4.99 Å². The van der Waals surface area contributed by atoms with Gasteiger partial charge >= 0.3 is 0 Å². The first-order valence-corrected chi connectivity index (χ1v) is 10.1. The zero-order valence-electron chi connectivity index (χ0n) is 17.3. The van der Waals surface area contributed by atoms with Crippen molar-refractivity contribution in [2.45, 2.75) is 32.4 Å². The van der Waals surface area contributed by atoms with E-state index in [1.807, 2.05) is 35.2 Å². The number of benzene rings is 2. The monoisotopic (exact) mass is 394 g/mol. The smallest absolute Gasteiger partial charge is 0.222 e. The molecule has 0 aliphatic carbocycles. The van der Waals surface area contributed by atoms with Crippen molar-refractivity contribution in [3.63, 3.8) is 0 Å². The number of para-hydroxylation sites is 1. The van der Waals surface area contributed by atoms with Gasteiger partial charge in [0.1, 0.15) is 5.75 Å². The number of amides is 1. The molecule has 1 fully saturated rings. The van der Waals surface area contributed by atoms with Gasteiger partial charge in [0.05, 0.1) is 7.11 Å². The summed E-state index contributed by atoms with van der Waals surface area (Å²) in [5, 5.41) is 6.74. The van der Waals surface area contributed by atoms with Crippen molar-refractivity contribution < 1.29 is 9.53 Å². The van der Waals surface area contributed by atoms with Crippen molar-refractivity contribution in [1.29, 1.82) is 0 Å². The predicted molar refractivity (Wildman–Crippen MR) is 116 cm³/mol. The first-order chi connectivity index (χ1) is 14.2. The van der Waals surface area contributed by atoms with Crippen LogP contribution in [0.3, 0.4) is 0 Å². The van der Waals surface area contributed by atoms with E-state index in [-0.39, 0.29) is 5.91 Å². The number of guanidine groups is 1. The van der Waals surface area contributed by atoms with E-state index >= 15 is 0 Å². The lowest BCUT2D eigenvalue weighted by Crippen LogP contribution is -2.38. The van der Waals surface area contributed by atoms with Crippen LogP contribution in [0.2, 0.25) is 0 Å². The Labute approximate surface area is 173 Å². The number of nitrogens with one attached hydrogen (secondary N) is 2. The Balaban J connectivity index is 1.52. The number of aliphatic imine (C=N–C) groups is 1. The van der Waals surface area contributed by atoms with Crippen molar-refractivity contribution in [2.75, 3.05) is 27.2 Å². The van der Waals surface area contributed by atoms with Gasteiger partial charge < -0.3 is 20.3 Å². The maximum atomic E-state index is 12.0. The number of nitrogens with zero attached hydrogens (tertiary/aromatic N) is 2. The highest BCUT2D eigenvalue weighted by atomic mass is 16.5. The molecule has 1 saturated heterocycles. The second-order valence-electron chi connectivity index (χ2n) is 7.10. The van der Waals surface area contributed by atoms with Gasteiger partial charge in [-0.25, -0.2) is 0 Å². The molecule has 0 bridgehead atoms. The lowest BCUT2D eigenvalue weighted by atomic mass is 10.1. The molecule has 154 valence electrons. The second-order valence-corrected chi connectivity index (χ2v) is 7.10. The SMILES string of the molecule is CN=C(NCCc1ccccc1OC)NCc1ccccc1CN1CCCC1=O. The van der Waals surface area contributed by atoms with Crippen LogP contribution in [-0.4, -0.2) is 44.0 Å². The van der Waals surface area contributed by atoms with Gasteiger partial charge in [-0.3, -0.25) is 9.79 Å². The molecule has 29 heavy (non-hydrogen) atoms. The largest absolute Gasteiger partial charge is 0.496 e. The van der Waals surface area contributed by atoms with E-state index in [0.29, 0.717) is 19.5 Å². The third-order valence-electron chi connectivity index (χ3n) is 5.20. The lowest BCUT2D eigenvalue weighted by molar-refractivity contribution is -0.128. The fraction of sp³-hybridized carbons (Fsp3) is 0.391. The summed E-state index contributed by atoms with van der Waals surface area (Å²) in [4.78, 5) is 18.2. The van der Waals surface area contributed by atoms with Crippen LogP contribution in [0.4, 0.5) is 0 Å². The average Bonchev–Trinajstić information content (AvgIpc) is 3.16. The number of carbonyl (C=O) groups is 1. The summed E-state index contributed by atoms with van der Waals surface area (Å²) in [6.07, 6.45) is 2.48. The molecule has 0 aromatic heterocycles. The number of hydrogen-bond acceptors (Lipinski definition) is 3. The van der Waals surface area contributed by atoms with Crippen LogP contribution in [0, 0.1) is 0 Å². The first-order valence-electron chi connectivity index (χ1n) is 10.1. The number of carbonyl (C=O) groups excluding carboxylic acids is 1. The minimum atomic E-state index is 0.251. The number of rotatable bonds is 8. The zero-order chi connectivity index (χ0) is 20.5. The Bertz CT molecular complexity index is 850. The van der Waals surface area contributed by atoms with Gasteiger partial charge in [0.2, 0.25) is 5.91 Å². The number of likely N-dealkylation sites (tertiary alicyclic amines) is 1. The molecule has 6 nitrogen and oxygen atoms in total. The van der Waals surface area contributed by atoms with Crippen LogP contribution in [0.1, 0.15) is 29.5 Å². The van der Waals surface area contributed by atoms with Crippen LogP contribution in [0.15, 0.2) is 53.5 Å². The Kier molecular flexibility index (Phi) is 7.50. The standard InChI is InChI=1S/C23H30N4O2/c1-24-23(25-14-13-18-8-5-6-11-21(18)29-2)26-16-19-9-3-4-10-20(19)17-27-15-7-12-22(27)28/h3-6,8-11H,7,12-17H2,1-2H3,(H2,24,25,26). The minimum Gasteiger partial charge on any atom is -0.496 e. The highest BCUT2D eigenvalue weighted by Crippen LogP contribution is 2.18. The van der Waals surface area contributed by atoms with Crippen LogP contribution < -0.4 is 15.4 Å². The summed E-state index contributed by atoms with van der Waals surface area (Å²) in [6, 6.07) is 16.3. The van der Waals surface area contributed by atoms with E-state index in [0.717, 1.165) is 37.6 Å². The zero-order valence-corrected chi connectivity index (χ0v) is 17.3. The Morgan fingerprint density at radius 2 is 1.79 bits per heavy atom. The molecule has 1 aliphatic heterocycles. The fourth-order valence-electron chi connectivity index (χ4n) is 3.59. The van der Waals surface area contributed by atoms with Crippen LogP contribution in [0.25, 0.3) is 0 Å². The van der Waals surface area contributed by atoms with E-state index in [9.17, 15) is 4.79 Å². The third kappa shape index (κ3) is 5.73. The average molecular weight is 395 g/mol. The molecule has 0 radical (unpaired) electrons. The molecule has 0 unspecified atom stereocenters. The molecule has 2 aromatic carbocycles. The molecule has 1 aliphatic rings. The molecular weight excluding hydrogens is 364 g/mol. The summed E-state index contributed by atoms with van der Waals surface area (Å²) in [5.41, 5.74) is 3.53.